The van der Waals surface area contributed by atoms with E-state index in [1.165, 1.54) is 16.9 Å². The van der Waals surface area contributed by atoms with Crippen molar-refractivity contribution in [2.75, 3.05) is 22.5 Å². The highest BCUT2D eigenvalue weighted by Crippen LogP contribution is 2.34. The summed E-state index contributed by atoms with van der Waals surface area (Å²) in [5, 5.41) is 11.8. The van der Waals surface area contributed by atoms with Crippen LogP contribution in [0.25, 0.3) is 0 Å². The van der Waals surface area contributed by atoms with Gasteiger partial charge >= 0.3 is 0 Å². The third-order valence-electron chi connectivity index (χ3n) is 5.69. The Morgan fingerprint density at radius 2 is 1.82 bits per heavy atom. The van der Waals surface area contributed by atoms with E-state index in [1.807, 2.05) is 30.3 Å². The number of aryl methyl sites for hydroxylation is 1. The van der Waals surface area contributed by atoms with Gasteiger partial charge in [-0.25, -0.2) is 8.42 Å². The van der Waals surface area contributed by atoms with Crippen LogP contribution in [0, 0.1) is 0 Å². The first kappa shape index (κ1) is 24.0. The van der Waals surface area contributed by atoms with Crippen molar-refractivity contribution in [3.05, 3.63) is 70.7 Å². The molecule has 1 aliphatic rings. The van der Waals surface area contributed by atoms with Crippen molar-refractivity contribution < 1.29 is 18.0 Å². The van der Waals surface area contributed by atoms with Crippen LogP contribution in [0.1, 0.15) is 41.8 Å². The molecule has 0 saturated carbocycles. The van der Waals surface area contributed by atoms with Gasteiger partial charge in [-0.15, -0.1) is 10.2 Å². The van der Waals surface area contributed by atoms with Crippen molar-refractivity contribution in [1.29, 1.82) is 0 Å². The van der Waals surface area contributed by atoms with Crippen molar-refractivity contribution in [2.24, 2.45) is 0 Å². The molecule has 1 saturated heterocycles. The third-order valence-corrected chi connectivity index (χ3v) is 8.29. The number of amides is 2. The first-order chi connectivity index (χ1) is 16.3. The van der Waals surface area contributed by atoms with E-state index < -0.39 is 15.7 Å². The molecule has 10 heteroatoms. The van der Waals surface area contributed by atoms with Crippen molar-refractivity contribution in [3.8, 4) is 0 Å². The lowest BCUT2D eigenvalue weighted by atomic mass is 10.1. The van der Waals surface area contributed by atoms with Gasteiger partial charge < -0.3 is 10.2 Å². The number of sulfone groups is 1. The number of anilines is 2. The lowest BCUT2D eigenvalue weighted by Gasteiger charge is -2.16. The lowest BCUT2D eigenvalue weighted by Crippen LogP contribution is -2.24. The quantitative estimate of drug-likeness (QED) is 0.483. The third kappa shape index (κ3) is 6.06. The molecule has 0 radical (unpaired) electrons. The zero-order valence-electron chi connectivity index (χ0n) is 18.8. The lowest BCUT2D eigenvalue weighted by molar-refractivity contribution is -0.117. The molecule has 0 bridgehead atoms. The Morgan fingerprint density at radius 1 is 1.09 bits per heavy atom. The summed E-state index contributed by atoms with van der Waals surface area (Å²) < 4.78 is 24.6. The number of hydrogen-bond acceptors (Lipinski definition) is 7. The van der Waals surface area contributed by atoms with E-state index in [2.05, 4.69) is 22.4 Å². The number of nitrogens with zero attached hydrogens (tertiary/aromatic N) is 3. The van der Waals surface area contributed by atoms with E-state index in [0.29, 0.717) is 28.7 Å². The zero-order chi connectivity index (χ0) is 24.1. The Labute approximate surface area is 202 Å². The van der Waals surface area contributed by atoms with Crippen molar-refractivity contribution in [2.45, 2.75) is 37.9 Å². The maximum absolute atomic E-state index is 12.6. The standard InChI is InChI=1S/C24H26N4O4S2/c1-2-17-8-10-20(11-9-17)28-15-19(14-22(28)30)23-26-27-24(33-23)25-21(29)12-13-34(31,32)16-18-6-4-3-5-7-18/h3-11,19H,2,12-16H2,1H3,(H,25,27,29)/t19-/m0/s1. The summed E-state index contributed by atoms with van der Waals surface area (Å²) in [6, 6.07) is 16.8. The summed E-state index contributed by atoms with van der Waals surface area (Å²) in [7, 11) is -3.41. The fourth-order valence-corrected chi connectivity index (χ4v) is 6.01. The van der Waals surface area contributed by atoms with Crippen LogP contribution >= 0.6 is 11.3 Å². The average molecular weight is 499 g/mol. The summed E-state index contributed by atoms with van der Waals surface area (Å²) in [6.45, 7) is 2.59. The number of aromatic nitrogens is 2. The molecule has 1 aliphatic heterocycles. The second kappa shape index (κ2) is 10.4. The van der Waals surface area contributed by atoms with Crippen LogP contribution in [0.4, 0.5) is 10.8 Å². The average Bonchev–Trinajstić information content (AvgIpc) is 3.45. The molecule has 1 atom stereocenters. The molecule has 2 aromatic carbocycles. The van der Waals surface area contributed by atoms with E-state index >= 15 is 0 Å². The highest BCUT2D eigenvalue weighted by molar-refractivity contribution is 7.90. The van der Waals surface area contributed by atoms with E-state index in [0.717, 1.165) is 12.1 Å². The summed E-state index contributed by atoms with van der Waals surface area (Å²) >= 11 is 1.22. The Bertz CT molecular complexity index is 1260. The molecule has 3 aromatic rings. The maximum atomic E-state index is 12.6. The van der Waals surface area contributed by atoms with Gasteiger partial charge in [0.25, 0.3) is 0 Å². The van der Waals surface area contributed by atoms with Crippen LogP contribution in [-0.2, 0) is 31.6 Å². The zero-order valence-corrected chi connectivity index (χ0v) is 20.4. The molecule has 4 rings (SSSR count). The topological polar surface area (TPSA) is 109 Å². The predicted octanol–water partition coefficient (Wildman–Crippen LogP) is 3.56. The highest BCUT2D eigenvalue weighted by atomic mass is 32.2. The van der Waals surface area contributed by atoms with E-state index in [-0.39, 0.29) is 29.8 Å². The predicted molar refractivity (Wildman–Crippen MR) is 133 cm³/mol. The molecule has 0 aliphatic carbocycles. The largest absolute Gasteiger partial charge is 0.312 e. The first-order valence-corrected chi connectivity index (χ1v) is 13.7. The van der Waals surface area contributed by atoms with E-state index in [9.17, 15) is 18.0 Å². The molecule has 0 unspecified atom stereocenters. The summed E-state index contributed by atoms with van der Waals surface area (Å²) in [5.41, 5.74) is 2.77. The summed E-state index contributed by atoms with van der Waals surface area (Å²) in [5.74, 6) is -0.856. The van der Waals surface area contributed by atoms with Gasteiger partial charge in [-0.3, -0.25) is 9.59 Å². The smallest absolute Gasteiger partial charge is 0.227 e. The fraction of sp³-hybridized carbons (Fsp3) is 0.333. The number of carbonyl (C=O) groups excluding carboxylic acids is 2. The van der Waals surface area contributed by atoms with Gasteiger partial charge in [-0.05, 0) is 29.7 Å². The fourth-order valence-electron chi connectivity index (χ4n) is 3.81. The molecule has 8 nitrogen and oxygen atoms in total. The van der Waals surface area contributed by atoms with Gasteiger partial charge in [0.2, 0.25) is 16.9 Å². The van der Waals surface area contributed by atoms with Crippen molar-refractivity contribution in [3.63, 3.8) is 0 Å². The molecular weight excluding hydrogens is 472 g/mol. The summed E-state index contributed by atoms with van der Waals surface area (Å²) in [6.07, 6.45) is 1.11. The maximum Gasteiger partial charge on any atom is 0.227 e. The molecule has 2 amide bonds. The molecule has 1 N–H and O–H groups in total. The van der Waals surface area contributed by atoms with Crippen LogP contribution in [0.2, 0.25) is 0 Å². The van der Waals surface area contributed by atoms with Crippen LogP contribution < -0.4 is 10.2 Å². The SMILES string of the molecule is CCc1ccc(N2C[C@@H](c3nnc(NC(=O)CCS(=O)(=O)Cc4ccccc4)s3)CC2=O)cc1. The molecule has 178 valence electrons. The van der Waals surface area contributed by atoms with Gasteiger partial charge in [0.05, 0.1) is 11.5 Å². The van der Waals surface area contributed by atoms with Gasteiger partial charge in [0, 0.05) is 31.0 Å². The Balaban J connectivity index is 1.30. The Hall–Kier alpha value is -3.11. The molecule has 34 heavy (non-hydrogen) atoms. The number of benzene rings is 2. The normalized spacial score (nSPS) is 16.1. The molecule has 1 aromatic heterocycles. The minimum Gasteiger partial charge on any atom is -0.312 e. The van der Waals surface area contributed by atoms with Crippen molar-refractivity contribution in [1.82, 2.24) is 10.2 Å². The molecular formula is C24H26N4O4S2. The van der Waals surface area contributed by atoms with Gasteiger partial charge in [0.1, 0.15) is 5.01 Å². The monoisotopic (exact) mass is 498 g/mol. The number of carbonyl (C=O) groups is 2. The van der Waals surface area contributed by atoms with Gasteiger partial charge in [0.15, 0.2) is 9.84 Å². The van der Waals surface area contributed by atoms with E-state index in [4.69, 9.17) is 0 Å². The van der Waals surface area contributed by atoms with E-state index in [1.54, 1.807) is 29.2 Å². The number of hydrogen-bond donors (Lipinski definition) is 1. The number of nitrogens with one attached hydrogen (secondary N) is 1. The van der Waals surface area contributed by atoms with Crippen LogP contribution in [-0.4, -0.2) is 42.7 Å². The first-order valence-electron chi connectivity index (χ1n) is 11.1. The van der Waals surface area contributed by atoms with Crippen LogP contribution in [0.15, 0.2) is 54.6 Å². The minimum absolute atomic E-state index is 0.0265. The summed E-state index contributed by atoms with van der Waals surface area (Å²) in [4.78, 5) is 26.6. The van der Waals surface area contributed by atoms with Crippen LogP contribution in [0.5, 0.6) is 0 Å². The molecule has 0 spiro atoms. The second-order valence-electron chi connectivity index (χ2n) is 8.25. The van der Waals surface area contributed by atoms with Gasteiger partial charge in [-0.1, -0.05) is 60.7 Å². The Kier molecular flexibility index (Phi) is 7.38. The Morgan fingerprint density at radius 3 is 2.53 bits per heavy atom. The van der Waals surface area contributed by atoms with Gasteiger partial charge in [-0.2, -0.15) is 0 Å². The van der Waals surface area contributed by atoms with Crippen LogP contribution in [0.3, 0.4) is 0 Å². The highest BCUT2D eigenvalue weighted by Gasteiger charge is 2.34. The second-order valence-corrected chi connectivity index (χ2v) is 11.4. The molecule has 2 heterocycles. The minimum atomic E-state index is -3.41. The molecule has 1 fully saturated rings. The number of rotatable bonds is 9. The van der Waals surface area contributed by atoms with Crippen molar-refractivity contribution >= 4 is 43.8 Å².